The van der Waals surface area contributed by atoms with Crippen LogP contribution >= 0.6 is 0 Å². The number of aryl methyl sites for hydroxylation is 2. The lowest BCUT2D eigenvalue weighted by Gasteiger charge is -2.37. The van der Waals surface area contributed by atoms with Crippen molar-refractivity contribution in [1.82, 2.24) is 4.57 Å². The molecule has 3 rings (SSSR count). The van der Waals surface area contributed by atoms with Gasteiger partial charge in [0, 0.05) is 23.6 Å². The van der Waals surface area contributed by atoms with E-state index in [-0.39, 0.29) is 13.2 Å². The second-order valence-electron chi connectivity index (χ2n) is 5.00. The number of aliphatic carboxylic acids is 1. The summed E-state index contributed by atoms with van der Waals surface area (Å²) in [4.78, 5) is 11.4. The molecule has 4 nitrogen and oxygen atoms in total. The molecular weight excluding hydrogens is 230 g/mol. The monoisotopic (exact) mass is 245 g/mol. The maximum Gasteiger partial charge on any atom is 0.318 e. The Bertz CT molecular complexity index is 638. The zero-order chi connectivity index (χ0) is 12.9. The highest BCUT2D eigenvalue weighted by Gasteiger charge is 2.47. The van der Waals surface area contributed by atoms with Gasteiger partial charge in [0.25, 0.3) is 0 Å². The maximum atomic E-state index is 11.4. The normalized spacial score (nSPS) is 17.7. The lowest BCUT2D eigenvalue weighted by molar-refractivity contribution is -0.163. The summed E-state index contributed by atoms with van der Waals surface area (Å²) in [6, 6.07) is 7.94. The lowest BCUT2D eigenvalue weighted by atomic mass is 9.78. The van der Waals surface area contributed by atoms with Gasteiger partial charge in [0.15, 0.2) is 0 Å². The molecule has 94 valence electrons. The Morgan fingerprint density at radius 3 is 2.67 bits per heavy atom. The number of hydrogen-bond acceptors (Lipinski definition) is 2. The number of benzene rings is 1. The van der Waals surface area contributed by atoms with Crippen molar-refractivity contribution in [2.24, 2.45) is 7.05 Å². The fourth-order valence-electron chi connectivity index (χ4n) is 2.50. The number of carbonyl (C=O) groups is 1. The van der Waals surface area contributed by atoms with E-state index in [1.54, 1.807) is 0 Å². The predicted molar refractivity (Wildman–Crippen MR) is 67.8 cm³/mol. The molecule has 0 saturated carbocycles. The van der Waals surface area contributed by atoms with E-state index in [1.807, 2.05) is 32.2 Å². The van der Waals surface area contributed by atoms with Crippen LogP contribution < -0.4 is 0 Å². The molecule has 1 fully saturated rings. The van der Waals surface area contributed by atoms with Gasteiger partial charge in [-0.1, -0.05) is 6.07 Å². The Balaban J connectivity index is 2.16. The predicted octanol–water partition coefficient (Wildman–Crippen LogP) is 1.84. The summed E-state index contributed by atoms with van der Waals surface area (Å²) in [7, 11) is 2.01. The highest BCUT2D eigenvalue weighted by Crippen LogP contribution is 2.34. The molecule has 1 aromatic carbocycles. The summed E-state index contributed by atoms with van der Waals surface area (Å²) in [5.41, 5.74) is 2.27. The molecule has 1 aliphatic heterocycles. The van der Waals surface area contributed by atoms with Crippen LogP contribution in [0.15, 0.2) is 24.3 Å². The van der Waals surface area contributed by atoms with E-state index in [2.05, 4.69) is 10.6 Å². The van der Waals surface area contributed by atoms with E-state index in [0.717, 1.165) is 22.2 Å². The minimum Gasteiger partial charge on any atom is -0.480 e. The van der Waals surface area contributed by atoms with Crippen molar-refractivity contribution in [3.8, 4) is 0 Å². The molecule has 0 spiro atoms. The number of aromatic nitrogens is 1. The van der Waals surface area contributed by atoms with Crippen LogP contribution in [0.4, 0.5) is 0 Å². The SMILES string of the molecule is Cc1cc2cc(C3(C(=O)O)COC3)ccc2n1C. The third kappa shape index (κ3) is 1.32. The average molecular weight is 245 g/mol. The van der Waals surface area contributed by atoms with Gasteiger partial charge in [-0.3, -0.25) is 4.79 Å². The summed E-state index contributed by atoms with van der Waals surface area (Å²) < 4.78 is 7.21. The molecule has 2 heterocycles. The zero-order valence-electron chi connectivity index (χ0n) is 10.4. The van der Waals surface area contributed by atoms with Crippen molar-refractivity contribution in [3.05, 3.63) is 35.5 Å². The van der Waals surface area contributed by atoms with Crippen LogP contribution in [0.5, 0.6) is 0 Å². The Labute approximate surface area is 105 Å². The van der Waals surface area contributed by atoms with Crippen molar-refractivity contribution in [2.45, 2.75) is 12.3 Å². The molecule has 0 aliphatic carbocycles. The molecule has 1 aromatic heterocycles. The van der Waals surface area contributed by atoms with Gasteiger partial charge in [0.1, 0.15) is 5.41 Å². The first-order chi connectivity index (χ1) is 8.54. The van der Waals surface area contributed by atoms with Crippen LogP contribution in [-0.4, -0.2) is 28.9 Å². The number of fused-ring (bicyclic) bond motifs is 1. The standard InChI is InChI=1S/C14H15NO3/c1-9-5-10-6-11(3-4-12(10)15(9)2)14(13(16)17)7-18-8-14/h3-6H,7-8H2,1-2H3,(H,16,17). The Hall–Kier alpha value is -1.81. The van der Waals surface area contributed by atoms with Gasteiger partial charge >= 0.3 is 5.97 Å². The van der Waals surface area contributed by atoms with Crippen molar-refractivity contribution in [3.63, 3.8) is 0 Å². The molecule has 0 atom stereocenters. The fourth-order valence-corrected chi connectivity index (χ4v) is 2.50. The molecule has 18 heavy (non-hydrogen) atoms. The van der Waals surface area contributed by atoms with Gasteiger partial charge in [-0.25, -0.2) is 0 Å². The Kier molecular flexibility index (Phi) is 2.25. The van der Waals surface area contributed by atoms with Crippen molar-refractivity contribution < 1.29 is 14.6 Å². The van der Waals surface area contributed by atoms with E-state index in [1.165, 1.54) is 0 Å². The average Bonchev–Trinajstić information content (AvgIpc) is 2.52. The second kappa shape index (κ2) is 3.59. The minimum atomic E-state index is -0.849. The molecule has 0 amide bonds. The van der Waals surface area contributed by atoms with Crippen LogP contribution in [0.3, 0.4) is 0 Å². The zero-order valence-corrected chi connectivity index (χ0v) is 10.4. The number of hydrogen-bond donors (Lipinski definition) is 1. The van der Waals surface area contributed by atoms with E-state index in [0.29, 0.717) is 0 Å². The smallest absolute Gasteiger partial charge is 0.318 e. The number of nitrogens with zero attached hydrogens (tertiary/aromatic N) is 1. The molecule has 1 aliphatic rings. The maximum absolute atomic E-state index is 11.4. The fraction of sp³-hybridized carbons (Fsp3) is 0.357. The Morgan fingerprint density at radius 1 is 1.39 bits per heavy atom. The molecule has 0 bridgehead atoms. The van der Waals surface area contributed by atoms with E-state index in [9.17, 15) is 9.90 Å². The molecule has 0 unspecified atom stereocenters. The topological polar surface area (TPSA) is 51.5 Å². The van der Waals surface area contributed by atoms with Gasteiger partial charge in [0.2, 0.25) is 0 Å². The highest BCUT2D eigenvalue weighted by atomic mass is 16.5. The lowest BCUT2D eigenvalue weighted by Crippen LogP contribution is -2.53. The third-order valence-electron chi connectivity index (χ3n) is 3.94. The first kappa shape index (κ1) is 11.3. The summed E-state index contributed by atoms with van der Waals surface area (Å²) in [6.07, 6.45) is 0. The minimum absolute atomic E-state index is 0.264. The van der Waals surface area contributed by atoms with Crippen LogP contribution in [-0.2, 0) is 22.0 Å². The third-order valence-corrected chi connectivity index (χ3v) is 3.94. The van der Waals surface area contributed by atoms with Crippen LogP contribution in [0.25, 0.3) is 10.9 Å². The molecule has 1 saturated heterocycles. The Morgan fingerprint density at radius 2 is 2.11 bits per heavy atom. The van der Waals surface area contributed by atoms with Crippen LogP contribution in [0.1, 0.15) is 11.3 Å². The van der Waals surface area contributed by atoms with Gasteiger partial charge in [-0.2, -0.15) is 0 Å². The van der Waals surface area contributed by atoms with Crippen LogP contribution in [0, 0.1) is 6.92 Å². The van der Waals surface area contributed by atoms with E-state index >= 15 is 0 Å². The summed E-state index contributed by atoms with van der Waals surface area (Å²) >= 11 is 0. The number of rotatable bonds is 2. The number of ether oxygens (including phenoxy) is 1. The van der Waals surface area contributed by atoms with Gasteiger partial charge < -0.3 is 14.4 Å². The van der Waals surface area contributed by atoms with Gasteiger partial charge in [-0.15, -0.1) is 0 Å². The summed E-state index contributed by atoms with van der Waals surface area (Å²) in [6.45, 7) is 2.57. The molecule has 0 radical (unpaired) electrons. The summed E-state index contributed by atoms with van der Waals surface area (Å²) in [5.74, 6) is -0.805. The van der Waals surface area contributed by atoms with E-state index < -0.39 is 11.4 Å². The number of carboxylic acid groups (broad SMARTS) is 1. The van der Waals surface area contributed by atoms with Crippen molar-refractivity contribution in [2.75, 3.05) is 13.2 Å². The first-order valence-electron chi connectivity index (χ1n) is 5.92. The molecular formula is C14H15NO3. The molecule has 1 N–H and O–H groups in total. The summed E-state index contributed by atoms with van der Waals surface area (Å²) in [5, 5.41) is 10.5. The molecule has 2 aromatic rings. The van der Waals surface area contributed by atoms with Crippen molar-refractivity contribution in [1.29, 1.82) is 0 Å². The van der Waals surface area contributed by atoms with Gasteiger partial charge in [-0.05, 0) is 30.7 Å². The van der Waals surface area contributed by atoms with E-state index in [4.69, 9.17) is 4.74 Å². The van der Waals surface area contributed by atoms with Crippen molar-refractivity contribution >= 4 is 16.9 Å². The number of carboxylic acids is 1. The quantitative estimate of drug-likeness (QED) is 0.878. The first-order valence-corrected chi connectivity index (χ1v) is 5.92. The second-order valence-corrected chi connectivity index (χ2v) is 5.00. The molecule has 4 heteroatoms. The van der Waals surface area contributed by atoms with Gasteiger partial charge in [0.05, 0.1) is 13.2 Å². The van der Waals surface area contributed by atoms with Crippen LogP contribution in [0.2, 0.25) is 0 Å². The largest absolute Gasteiger partial charge is 0.480 e. The highest BCUT2D eigenvalue weighted by molar-refractivity contribution is 5.87.